The van der Waals surface area contributed by atoms with Crippen molar-refractivity contribution in [1.82, 2.24) is 15.5 Å². The van der Waals surface area contributed by atoms with Gasteiger partial charge in [-0.3, -0.25) is 4.90 Å². The van der Waals surface area contributed by atoms with Gasteiger partial charge < -0.3 is 20.3 Å². The third-order valence-electron chi connectivity index (χ3n) is 7.93. The van der Waals surface area contributed by atoms with E-state index in [2.05, 4.69) is 32.6 Å². The van der Waals surface area contributed by atoms with E-state index >= 15 is 0 Å². The number of rotatable bonds is 6. The molecule has 30 heavy (non-hydrogen) atoms. The summed E-state index contributed by atoms with van der Waals surface area (Å²) in [6, 6.07) is 8.28. The van der Waals surface area contributed by atoms with Gasteiger partial charge in [0.05, 0.1) is 12.8 Å². The molecule has 1 saturated heterocycles. The highest BCUT2D eigenvalue weighted by atomic mass is 16.5. The maximum atomic E-state index is 12.6. The number of nitrogens with one attached hydrogen (secondary N) is 2. The Morgan fingerprint density at radius 2 is 1.67 bits per heavy atom. The van der Waals surface area contributed by atoms with E-state index in [-0.39, 0.29) is 11.6 Å². The van der Waals surface area contributed by atoms with E-state index in [1.54, 1.807) is 7.11 Å². The fourth-order valence-electron chi connectivity index (χ4n) is 6.98. The van der Waals surface area contributed by atoms with Gasteiger partial charge >= 0.3 is 6.03 Å². The molecule has 5 aliphatic rings. The van der Waals surface area contributed by atoms with Gasteiger partial charge in [-0.15, -0.1) is 0 Å². The van der Waals surface area contributed by atoms with E-state index in [0.717, 1.165) is 56.2 Å². The number of hydrogen-bond donors (Lipinski definition) is 2. The van der Waals surface area contributed by atoms with E-state index in [1.165, 1.54) is 44.2 Å². The van der Waals surface area contributed by atoms with Crippen LogP contribution in [0.15, 0.2) is 24.3 Å². The second kappa shape index (κ2) is 8.29. The van der Waals surface area contributed by atoms with E-state index in [1.807, 2.05) is 12.1 Å². The minimum Gasteiger partial charge on any atom is -0.495 e. The van der Waals surface area contributed by atoms with Gasteiger partial charge in [0.25, 0.3) is 0 Å². The van der Waals surface area contributed by atoms with Gasteiger partial charge in [-0.2, -0.15) is 0 Å². The maximum absolute atomic E-state index is 12.6. The van der Waals surface area contributed by atoms with Crippen LogP contribution >= 0.6 is 0 Å². The summed E-state index contributed by atoms with van der Waals surface area (Å²) in [7, 11) is 1.73. The Labute approximate surface area is 180 Å². The van der Waals surface area contributed by atoms with Crippen molar-refractivity contribution in [3.63, 3.8) is 0 Å². The van der Waals surface area contributed by atoms with Gasteiger partial charge in [0.1, 0.15) is 5.75 Å². The lowest BCUT2D eigenvalue weighted by Crippen LogP contribution is -2.61. The van der Waals surface area contributed by atoms with Gasteiger partial charge in [0, 0.05) is 44.8 Å². The number of methoxy groups -OCH3 is 1. The summed E-state index contributed by atoms with van der Waals surface area (Å²) in [5.74, 6) is 3.51. The van der Waals surface area contributed by atoms with Gasteiger partial charge in [0.2, 0.25) is 0 Å². The Bertz CT molecular complexity index is 724. The Morgan fingerprint density at radius 3 is 2.30 bits per heavy atom. The molecule has 4 saturated carbocycles. The lowest BCUT2D eigenvalue weighted by molar-refractivity contribution is -0.0135. The molecule has 5 fully saturated rings. The quantitative estimate of drug-likeness (QED) is 0.754. The summed E-state index contributed by atoms with van der Waals surface area (Å²) in [6.45, 7) is 5.62. The molecule has 1 aromatic rings. The lowest BCUT2D eigenvalue weighted by Gasteiger charge is -2.56. The van der Waals surface area contributed by atoms with Crippen LogP contribution in [-0.4, -0.2) is 62.8 Å². The first-order valence-electron chi connectivity index (χ1n) is 11.8. The van der Waals surface area contributed by atoms with E-state index in [0.29, 0.717) is 6.54 Å². The molecule has 6 nitrogen and oxygen atoms in total. The van der Waals surface area contributed by atoms with Crippen molar-refractivity contribution >= 4 is 11.7 Å². The molecular weight excluding hydrogens is 376 g/mol. The van der Waals surface area contributed by atoms with Gasteiger partial charge in [-0.1, -0.05) is 12.1 Å². The predicted molar refractivity (Wildman–Crippen MR) is 119 cm³/mol. The summed E-state index contributed by atoms with van der Waals surface area (Å²) in [5, 5.41) is 6.55. The molecule has 1 aliphatic heterocycles. The Hall–Kier alpha value is -1.95. The van der Waals surface area contributed by atoms with Gasteiger partial charge in [-0.25, -0.2) is 4.79 Å². The monoisotopic (exact) mass is 412 g/mol. The molecule has 0 radical (unpaired) electrons. The van der Waals surface area contributed by atoms with Crippen LogP contribution in [0.5, 0.6) is 5.75 Å². The second-order valence-electron chi connectivity index (χ2n) is 10.1. The van der Waals surface area contributed by atoms with Crippen molar-refractivity contribution in [3.05, 3.63) is 24.3 Å². The molecule has 4 bridgehead atoms. The number of anilines is 1. The van der Waals surface area contributed by atoms with Crippen LogP contribution in [0.25, 0.3) is 0 Å². The molecule has 2 N–H and O–H groups in total. The molecule has 2 amide bonds. The van der Waals surface area contributed by atoms with Crippen molar-refractivity contribution < 1.29 is 9.53 Å². The zero-order valence-corrected chi connectivity index (χ0v) is 18.2. The van der Waals surface area contributed by atoms with Crippen LogP contribution in [-0.2, 0) is 0 Å². The number of para-hydroxylation sites is 2. The van der Waals surface area contributed by atoms with Crippen molar-refractivity contribution in [2.75, 3.05) is 51.3 Å². The summed E-state index contributed by atoms with van der Waals surface area (Å²) in [6.07, 6.45) is 7.84. The molecule has 6 heteroatoms. The van der Waals surface area contributed by atoms with Crippen LogP contribution in [0, 0.1) is 17.8 Å². The third kappa shape index (κ3) is 4.11. The first-order chi connectivity index (χ1) is 14.6. The fraction of sp³-hybridized carbons (Fsp3) is 0.708. The number of ether oxygens (including phenoxy) is 1. The number of benzene rings is 1. The van der Waals surface area contributed by atoms with Crippen molar-refractivity contribution in [2.45, 2.75) is 44.1 Å². The minimum absolute atomic E-state index is 0.0459. The average Bonchev–Trinajstić information content (AvgIpc) is 2.73. The Balaban J connectivity index is 1.05. The Kier molecular flexibility index (Phi) is 5.52. The molecule has 164 valence electrons. The lowest BCUT2D eigenvalue weighted by atomic mass is 9.53. The van der Waals surface area contributed by atoms with Gasteiger partial charge in [0.15, 0.2) is 0 Å². The molecule has 0 unspecified atom stereocenters. The van der Waals surface area contributed by atoms with Crippen molar-refractivity contribution in [2.24, 2.45) is 17.8 Å². The number of carbonyl (C=O) groups is 1. The van der Waals surface area contributed by atoms with Crippen LogP contribution in [0.1, 0.15) is 38.5 Å². The minimum atomic E-state index is 0.0459. The standard InChI is InChI=1S/C24H36N4O2/c1-30-22-5-3-2-4-21(22)28-10-8-27(9-11-28)7-6-25-23(29)26-24-15-18-12-19(16-24)14-20(13-18)17-24/h2-5,18-20H,6-17H2,1H3,(H2,25,26,29). The molecule has 0 aromatic heterocycles. The zero-order chi connectivity index (χ0) is 20.6. The molecule has 4 aliphatic carbocycles. The first kappa shape index (κ1) is 20.0. The highest BCUT2D eigenvalue weighted by Crippen LogP contribution is 2.55. The van der Waals surface area contributed by atoms with E-state index < -0.39 is 0 Å². The largest absolute Gasteiger partial charge is 0.495 e. The average molecular weight is 413 g/mol. The number of piperazine rings is 1. The highest BCUT2D eigenvalue weighted by molar-refractivity contribution is 5.74. The summed E-state index contributed by atoms with van der Waals surface area (Å²) >= 11 is 0. The van der Waals surface area contributed by atoms with Crippen molar-refractivity contribution in [1.29, 1.82) is 0 Å². The molecule has 0 atom stereocenters. The normalized spacial score (nSPS) is 32.8. The van der Waals surface area contributed by atoms with Gasteiger partial charge in [-0.05, 0) is 68.4 Å². The number of amides is 2. The highest BCUT2D eigenvalue weighted by Gasteiger charge is 2.51. The van der Waals surface area contributed by atoms with Crippen molar-refractivity contribution in [3.8, 4) is 5.75 Å². The number of nitrogens with zero attached hydrogens (tertiary/aromatic N) is 2. The number of urea groups is 1. The van der Waals surface area contributed by atoms with Crippen LogP contribution in [0.4, 0.5) is 10.5 Å². The zero-order valence-electron chi connectivity index (χ0n) is 18.2. The van der Waals surface area contributed by atoms with Crippen LogP contribution in [0.2, 0.25) is 0 Å². The number of hydrogen-bond acceptors (Lipinski definition) is 4. The summed E-state index contributed by atoms with van der Waals surface area (Å²) < 4.78 is 5.51. The molecule has 6 rings (SSSR count). The fourth-order valence-corrected chi connectivity index (χ4v) is 6.98. The maximum Gasteiger partial charge on any atom is 0.315 e. The molecule has 1 heterocycles. The molecule has 0 spiro atoms. The van der Waals surface area contributed by atoms with Crippen LogP contribution < -0.4 is 20.3 Å². The summed E-state index contributed by atoms with van der Waals surface area (Å²) in [4.78, 5) is 17.4. The predicted octanol–water partition coefficient (Wildman–Crippen LogP) is 3.09. The number of carbonyl (C=O) groups excluding carboxylic acids is 1. The topological polar surface area (TPSA) is 56.8 Å². The van der Waals surface area contributed by atoms with E-state index in [9.17, 15) is 4.79 Å². The second-order valence-corrected chi connectivity index (χ2v) is 10.1. The smallest absolute Gasteiger partial charge is 0.315 e. The molecular formula is C24H36N4O2. The SMILES string of the molecule is COc1ccccc1N1CCN(CCNC(=O)NC23CC4CC(CC(C4)C2)C3)CC1. The molecule has 1 aromatic carbocycles. The Morgan fingerprint density at radius 1 is 1.03 bits per heavy atom. The van der Waals surface area contributed by atoms with E-state index in [4.69, 9.17) is 4.74 Å². The first-order valence-corrected chi connectivity index (χ1v) is 11.8. The van der Waals surface area contributed by atoms with Crippen LogP contribution in [0.3, 0.4) is 0 Å². The summed E-state index contributed by atoms with van der Waals surface area (Å²) in [5.41, 5.74) is 1.27. The third-order valence-corrected chi connectivity index (χ3v) is 7.93.